The van der Waals surface area contributed by atoms with E-state index in [9.17, 15) is 9.59 Å². The molecule has 0 saturated carbocycles. The quantitative estimate of drug-likeness (QED) is 0.773. The molecule has 1 aromatic carbocycles. The number of pyridine rings is 1. The molecule has 0 unspecified atom stereocenters. The van der Waals surface area contributed by atoms with Gasteiger partial charge in [0.1, 0.15) is 6.54 Å². The van der Waals surface area contributed by atoms with Crippen molar-refractivity contribution in [1.29, 1.82) is 0 Å². The van der Waals surface area contributed by atoms with Gasteiger partial charge < -0.3 is 5.32 Å². The van der Waals surface area contributed by atoms with Crippen molar-refractivity contribution in [2.45, 2.75) is 20.0 Å². The van der Waals surface area contributed by atoms with Crippen molar-refractivity contribution in [2.75, 3.05) is 0 Å². The third-order valence-corrected chi connectivity index (χ3v) is 3.72. The summed E-state index contributed by atoms with van der Waals surface area (Å²) in [7, 11) is 0. The molecule has 0 aliphatic heterocycles. The van der Waals surface area contributed by atoms with Gasteiger partial charge in [0.25, 0.3) is 5.56 Å². The van der Waals surface area contributed by atoms with Crippen molar-refractivity contribution in [3.05, 3.63) is 82.4 Å². The lowest BCUT2D eigenvalue weighted by Gasteiger charge is -2.08. The Labute approximate surface area is 145 Å². The number of nitrogens with one attached hydrogen (secondary N) is 1. The minimum atomic E-state index is -0.313. The van der Waals surface area contributed by atoms with E-state index in [1.54, 1.807) is 24.5 Å². The van der Waals surface area contributed by atoms with E-state index in [4.69, 9.17) is 0 Å². The summed E-state index contributed by atoms with van der Waals surface area (Å²) in [5.41, 5.74) is 3.28. The number of aryl methyl sites for hydroxylation is 1. The second kappa shape index (κ2) is 7.53. The highest BCUT2D eigenvalue weighted by molar-refractivity contribution is 5.75. The molecule has 0 bridgehead atoms. The van der Waals surface area contributed by atoms with Gasteiger partial charge in [0.2, 0.25) is 5.91 Å². The fourth-order valence-corrected chi connectivity index (χ4v) is 2.34. The molecule has 0 atom stereocenters. The predicted molar refractivity (Wildman–Crippen MR) is 94.8 cm³/mol. The highest BCUT2D eigenvalue weighted by Gasteiger charge is 2.08. The Morgan fingerprint density at radius 2 is 1.92 bits per heavy atom. The summed E-state index contributed by atoms with van der Waals surface area (Å²) in [6.07, 6.45) is 3.36. The molecule has 3 rings (SSSR count). The maximum absolute atomic E-state index is 12.1. The summed E-state index contributed by atoms with van der Waals surface area (Å²) >= 11 is 0. The number of benzene rings is 1. The van der Waals surface area contributed by atoms with Gasteiger partial charge in [-0.15, -0.1) is 0 Å². The number of aromatic nitrogens is 3. The fraction of sp³-hybridized carbons (Fsp3) is 0.158. The van der Waals surface area contributed by atoms with Gasteiger partial charge in [-0.05, 0) is 24.6 Å². The van der Waals surface area contributed by atoms with E-state index < -0.39 is 0 Å². The van der Waals surface area contributed by atoms with E-state index >= 15 is 0 Å². The lowest BCUT2D eigenvalue weighted by Crippen LogP contribution is -2.33. The second-order valence-corrected chi connectivity index (χ2v) is 5.72. The van der Waals surface area contributed by atoms with Crippen LogP contribution in [0.25, 0.3) is 11.3 Å². The number of nitrogens with zero attached hydrogens (tertiary/aromatic N) is 3. The Bertz CT molecular complexity index is 918. The largest absolute Gasteiger partial charge is 0.350 e. The molecule has 0 fully saturated rings. The normalized spacial score (nSPS) is 10.4. The van der Waals surface area contributed by atoms with Crippen LogP contribution in [0.15, 0.2) is 65.7 Å². The van der Waals surface area contributed by atoms with E-state index in [1.165, 1.54) is 10.7 Å². The molecule has 2 aromatic heterocycles. The van der Waals surface area contributed by atoms with Crippen molar-refractivity contribution in [1.82, 2.24) is 20.1 Å². The monoisotopic (exact) mass is 334 g/mol. The molecule has 1 N–H and O–H groups in total. The SMILES string of the molecule is Cc1ccc(-c2ccc(=O)n(CC(=O)NCc3cccnc3)n2)cc1. The highest BCUT2D eigenvalue weighted by atomic mass is 16.2. The zero-order valence-electron chi connectivity index (χ0n) is 13.8. The van der Waals surface area contributed by atoms with Gasteiger partial charge in [0.05, 0.1) is 5.69 Å². The Morgan fingerprint density at radius 3 is 2.64 bits per heavy atom. The summed E-state index contributed by atoms with van der Waals surface area (Å²) < 4.78 is 1.17. The molecule has 6 nitrogen and oxygen atoms in total. The second-order valence-electron chi connectivity index (χ2n) is 5.72. The van der Waals surface area contributed by atoms with Gasteiger partial charge in [-0.1, -0.05) is 35.9 Å². The van der Waals surface area contributed by atoms with E-state index in [1.807, 2.05) is 37.3 Å². The lowest BCUT2D eigenvalue weighted by molar-refractivity contribution is -0.122. The van der Waals surface area contributed by atoms with Gasteiger partial charge in [0, 0.05) is 30.6 Å². The van der Waals surface area contributed by atoms with Gasteiger partial charge >= 0.3 is 0 Å². The van der Waals surface area contributed by atoms with Crippen LogP contribution in [0.4, 0.5) is 0 Å². The third-order valence-electron chi connectivity index (χ3n) is 3.72. The summed E-state index contributed by atoms with van der Waals surface area (Å²) in [5.74, 6) is -0.278. The van der Waals surface area contributed by atoms with E-state index in [0.29, 0.717) is 12.2 Å². The zero-order valence-corrected chi connectivity index (χ0v) is 13.8. The van der Waals surface area contributed by atoms with Crippen molar-refractivity contribution in [2.24, 2.45) is 0 Å². The van der Waals surface area contributed by atoms with Crippen LogP contribution in [0.5, 0.6) is 0 Å². The van der Waals surface area contributed by atoms with Crippen molar-refractivity contribution in [3.8, 4) is 11.3 Å². The molecule has 2 heterocycles. The number of rotatable bonds is 5. The highest BCUT2D eigenvalue weighted by Crippen LogP contribution is 2.15. The maximum Gasteiger partial charge on any atom is 0.267 e. The molecule has 6 heteroatoms. The van der Waals surface area contributed by atoms with Crippen LogP contribution in [-0.4, -0.2) is 20.7 Å². The van der Waals surface area contributed by atoms with Crippen LogP contribution < -0.4 is 10.9 Å². The minimum Gasteiger partial charge on any atom is -0.350 e. The topological polar surface area (TPSA) is 76.9 Å². The van der Waals surface area contributed by atoms with E-state index in [2.05, 4.69) is 15.4 Å². The smallest absolute Gasteiger partial charge is 0.267 e. The van der Waals surface area contributed by atoms with Gasteiger partial charge in [-0.25, -0.2) is 4.68 Å². The Balaban J connectivity index is 1.71. The first-order valence-electron chi connectivity index (χ1n) is 7.92. The molecular formula is C19H18N4O2. The van der Waals surface area contributed by atoms with Gasteiger partial charge in [0.15, 0.2) is 0 Å². The number of hydrogen-bond donors (Lipinski definition) is 1. The third kappa shape index (κ3) is 4.38. The molecule has 126 valence electrons. The molecule has 0 radical (unpaired) electrons. The van der Waals surface area contributed by atoms with Gasteiger partial charge in [-0.3, -0.25) is 14.6 Å². The van der Waals surface area contributed by atoms with Crippen LogP contribution >= 0.6 is 0 Å². The average Bonchev–Trinajstić information content (AvgIpc) is 2.63. The Morgan fingerprint density at radius 1 is 1.12 bits per heavy atom. The minimum absolute atomic E-state index is 0.126. The van der Waals surface area contributed by atoms with Crippen LogP contribution in [0, 0.1) is 6.92 Å². The first kappa shape index (κ1) is 16.6. The van der Waals surface area contributed by atoms with Crippen molar-refractivity contribution in [3.63, 3.8) is 0 Å². The first-order valence-corrected chi connectivity index (χ1v) is 7.92. The molecule has 3 aromatic rings. The van der Waals surface area contributed by atoms with E-state index in [-0.39, 0.29) is 18.0 Å². The number of amides is 1. The van der Waals surface area contributed by atoms with Crippen molar-refractivity contribution < 1.29 is 4.79 Å². The van der Waals surface area contributed by atoms with Crippen LogP contribution in [-0.2, 0) is 17.9 Å². The molecule has 0 saturated heterocycles. The molecule has 0 aliphatic carbocycles. The lowest BCUT2D eigenvalue weighted by atomic mass is 10.1. The summed E-state index contributed by atoms with van der Waals surface area (Å²) in [6, 6.07) is 14.6. The number of carbonyl (C=O) groups excluding carboxylic acids is 1. The maximum atomic E-state index is 12.1. The van der Waals surface area contributed by atoms with Gasteiger partial charge in [-0.2, -0.15) is 5.10 Å². The summed E-state index contributed by atoms with van der Waals surface area (Å²) in [5, 5.41) is 7.06. The molecular weight excluding hydrogens is 316 g/mol. The van der Waals surface area contributed by atoms with Crippen LogP contribution in [0.3, 0.4) is 0 Å². The molecule has 0 spiro atoms. The number of hydrogen-bond acceptors (Lipinski definition) is 4. The average molecular weight is 334 g/mol. The Kier molecular flexibility index (Phi) is 4.99. The number of carbonyl (C=O) groups is 1. The predicted octanol–water partition coefficient (Wildman–Crippen LogP) is 1.93. The van der Waals surface area contributed by atoms with Crippen molar-refractivity contribution >= 4 is 5.91 Å². The molecule has 0 aliphatic rings. The van der Waals surface area contributed by atoms with Crippen LogP contribution in [0.1, 0.15) is 11.1 Å². The van der Waals surface area contributed by atoms with Crippen LogP contribution in [0.2, 0.25) is 0 Å². The first-order chi connectivity index (χ1) is 12.1. The molecule has 1 amide bonds. The zero-order chi connectivity index (χ0) is 17.6. The summed E-state index contributed by atoms with van der Waals surface area (Å²) in [6.45, 7) is 2.24. The summed E-state index contributed by atoms with van der Waals surface area (Å²) in [4.78, 5) is 28.1. The molecule has 25 heavy (non-hydrogen) atoms. The standard InChI is InChI=1S/C19H18N4O2/c1-14-4-6-16(7-5-14)17-8-9-19(25)23(22-17)13-18(24)21-12-15-3-2-10-20-11-15/h2-11H,12-13H2,1H3,(H,21,24). The fourth-order valence-electron chi connectivity index (χ4n) is 2.34. The van der Waals surface area contributed by atoms with E-state index in [0.717, 1.165) is 16.7 Å². The Hall–Kier alpha value is -3.28.